The van der Waals surface area contributed by atoms with Gasteiger partial charge < -0.3 is 10.8 Å². The van der Waals surface area contributed by atoms with Crippen molar-refractivity contribution in [3.8, 4) is 10.4 Å². The molecule has 1 heterocycles. The Morgan fingerprint density at radius 2 is 1.76 bits per heavy atom. The van der Waals surface area contributed by atoms with Gasteiger partial charge in [0.25, 0.3) is 0 Å². The number of rotatable bonds is 2. The van der Waals surface area contributed by atoms with E-state index in [4.69, 9.17) is 10.8 Å². The Morgan fingerprint density at radius 3 is 2.24 bits per heavy atom. The van der Waals surface area contributed by atoms with Gasteiger partial charge in [-0.2, -0.15) is 0 Å². The smallest absolute Gasteiger partial charge is 0.348 e. The summed E-state index contributed by atoms with van der Waals surface area (Å²) in [6.07, 6.45) is 0. The van der Waals surface area contributed by atoms with Crippen LogP contribution in [0.15, 0.2) is 33.2 Å². The van der Waals surface area contributed by atoms with Gasteiger partial charge in [0.15, 0.2) is 0 Å². The van der Waals surface area contributed by atoms with Crippen molar-refractivity contribution in [2.75, 3.05) is 5.73 Å². The molecule has 0 fully saturated rings. The highest BCUT2D eigenvalue weighted by atomic mass is 79.9. The second kappa shape index (κ2) is 4.80. The lowest BCUT2D eigenvalue weighted by Crippen LogP contribution is -1.96. The Hall–Kier alpha value is -0.850. The lowest BCUT2D eigenvalue weighted by atomic mass is 10.2. The number of hydrogen-bond donors (Lipinski definition) is 2. The Morgan fingerprint density at radius 1 is 1.18 bits per heavy atom. The Balaban J connectivity index is 2.53. The van der Waals surface area contributed by atoms with Crippen molar-refractivity contribution in [2.24, 2.45) is 0 Å². The summed E-state index contributed by atoms with van der Waals surface area (Å²) in [5.74, 6) is -0.993. The molecule has 0 bridgehead atoms. The monoisotopic (exact) mass is 375 g/mol. The number of nitrogens with two attached hydrogens (primary N) is 1. The van der Waals surface area contributed by atoms with Gasteiger partial charge in [-0.3, -0.25) is 0 Å². The zero-order valence-electron chi connectivity index (χ0n) is 8.41. The van der Waals surface area contributed by atoms with Gasteiger partial charge in [-0.15, -0.1) is 11.3 Å². The first-order valence-electron chi connectivity index (χ1n) is 4.56. The molecule has 0 saturated carbocycles. The van der Waals surface area contributed by atoms with Crippen LogP contribution in [0.1, 0.15) is 9.67 Å². The van der Waals surface area contributed by atoms with Crippen LogP contribution in [0.5, 0.6) is 0 Å². The predicted molar refractivity (Wildman–Crippen MR) is 76.5 cm³/mol. The van der Waals surface area contributed by atoms with Crippen LogP contribution in [0, 0.1) is 0 Å². The summed E-state index contributed by atoms with van der Waals surface area (Å²) in [5, 5.41) is 8.95. The third kappa shape index (κ3) is 2.70. The Kier molecular flexibility index (Phi) is 3.56. The first-order valence-corrected chi connectivity index (χ1v) is 6.96. The van der Waals surface area contributed by atoms with Gasteiger partial charge in [0, 0.05) is 13.8 Å². The van der Waals surface area contributed by atoms with Crippen molar-refractivity contribution in [1.29, 1.82) is 0 Å². The second-order valence-electron chi connectivity index (χ2n) is 3.36. The quantitative estimate of drug-likeness (QED) is 0.824. The van der Waals surface area contributed by atoms with E-state index in [0.29, 0.717) is 5.69 Å². The van der Waals surface area contributed by atoms with Crippen LogP contribution >= 0.6 is 43.2 Å². The lowest BCUT2D eigenvalue weighted by molar-refractivity contribution is 0.0703. The van der Waals surface area contributed by atoms with E-state index in [1.54, 1.807) is 6.07 Å². The van der Waals surface area contributed by atoms with Crippen LogP contribution in [0.3, 0.4) is 0 Å². The van der Waals surface area contributed by atoms with Crippen LogP contribution in [0.4, 0.5) is 5.69 Å². The molecule has 88 valence electrons. The predicted octanol–water partition coefficient (Wildman–Crippen LogP) is 4.22. The van der Waals surface area contributed by atoms with E-state index in [2.05, 4.69) is 31.9 Å². The highest BCUT2D eigenvalue weighted by molar-refractivity contribution is 9.11. The van der Waals surface area contributed by atoms with E-state index >= 15 is 0 Å². The van der Waals surface area contributed by atoms with Crippen LogP contribution in [0.25, 0.3) is 10.4 Å². The summed E-state index contributed by atoms with van der Waals surface area (Å²) in [5.41, 5.74) is 6.89. The molecule has 1 aromatic carbocycles. The second-order valence-corrected chi connectivity index (χ2v) is 6.24. The Bertz CT molecular complexity index is 575. The van der Waals surface area contributed by atoms with E-state index < -0.39 is 5.97 Å². The van der Waals surface area contributed by atoms with Crippen LogP contribution in [-0.2, 0) is 0 Å². The number of carboxylic acids is 1. The average molecular weight is 377 g/mol. The molecule has 0 aliphatic rings. The summed E-state index contributed by atoms with van der Waals surface area (Å²) in [4.78, 5) is 11.9. The van der Waals surface area contributed by atoms with E-state index in [9.17, 15) is 4.79 Å². The molecule has 0 amide bonds. The van der Waals surface area contributed by atoms with Crippen molar-refractivity contribution in [3.63, 3.8) is 0 Å². The molecule has 0 aliphatic carbocycles. The van der Waals surface area contributed by atoms with Crippen molar-refractivity contribution in [2.45, 2.75) is 0 Å². The maximum absolute atomic E-state index is 10.9. The molecule has 3 nitrogen and oxygen atoms in total. The normalized spacial score (nSPS) is 10.5. The van der Waals surface area contributed by atoms with Crippen LogP contribution < -0.4 is 5.73 Å². The lowest BCUT2D eigenvalue weighted by Gasteiger charge is -1.99. The Labute approximate surface area is 119 Å². The number of benzene rings is 1. The third-order valence-electron chi connectivity index (χ3n) is 2.10. The molecule has 17 heavy (non-hydrogen) atoms. The molecule has 2 rings (SSSR count). The minimum atomic E-state index is -0.993. The molecule has 0 unspecified atom stereocenters. The molecular weight excluding hydrogens is 370 g/mol. The fourth-order valence-electron chi connectivity index (χ4n) is 1.41. The van der Waals surface area contributed by atoms with E-state index in [0.717, 1.165) is 19.4 Å². The van der Waals surface area contributed by atoms with Crippen LogP contribution in [-0.4, -0.2) is 11.1 Å². The maximum atomic E-state index is 10.9. The zero-order chi connectivity index (χ0) is 12.6. The molecule has 0 spiro atoms. The molecule has 0 saturated heterocycles. The minimum absolute atomic E-state index is 0.177. The average Bonchev–Trinajstić information content (AvgIpc) is 2.59. The summed E-state index contributed by atoms with van der Waals surface area (Å²) in [7, 11) is 0. The number of nitrogen functional groups attached to an aromatic ring is 1. The summed E-state index contributed by atoms with van der Waals surface area (Å²) in [6, 6.07) is 7.43. The van der Waals surface area contributed by atoms with Crippen molar-refractivity contribution in [1.82, 2.24) is 0 Å². The highest BCUT2D eigenvalue weighted by Crippen LogP contribution is 2.35. The van der Waals surface area contributed by atoms with Gasteiger partial charge in [0.2, 0.25) is 0 Å². The molecule has 0 radical (unpaired) electrons. The fourth-order valence-corrected chi connectivity index (χ4v) is 3.61. The number of thiophene rings is 1. The molecule has 2 aromatic rings. The van der Waals surface area contributed by atoms with Gasteiger partial charge >= 0.3 is 5.97 Å². The SMILES string of the molecule is Nc1cc(-c2cc(Br)cc(Br)c2)sc1C(=O)O. The summed E-state index contributed by atoms with van der Waals surface area (Å²) >= 11 is 7.96. The van der Waals surface area contributed by atoms with Gasteiger partial charge in [0.05, 0.1) is 5.69 Å². The zero-order valence-corrected chi connectivity index (χ0v) is 12.4. The number of anilines is 1. The summed E-state index contributed by atoms with van der Waals surface area (Å²) in [6.45, 7) is 0. The number of halogens is 2. The molecular formula is C11H7Br2NO2S. The minimum Gasteiger partial charge on any atom is -0.477 e. The number of carbonyl (C=O) groups is 1. The number of hydrogen-bond acceptors (Lipinski definition) is 3. The third-order valence-corrected chi connectivity index (χ3v) is 4.21. The molecule has 0 aliphatic heterocycles. The van der Waals surface area contributed by atoms with E-state index in [1.165, 1.54) is 11.3 Å². The first-order chi connectivity index (χ1) is 7.97. The molecule has 3 N–H and O–H groups in total. The summed E-state index contributed by atoms with van der Waals surface area (Å²) < 4.78 is 1.84. The van der Waals surface area contributed by atoms with Gasteiger partial charge in [-0.05, 0) is 29.8 Å². The van der Waals surface area contributed by atoms with E-state index in [-0.39, 0.29) is 4.88 Å². The van der Waals surface area contributed by atoms with Crippen molar-refractivity contribution < 1.29 is 9.90 Å². The molecule has 1 aromatic heterocycles. The van der Waals surface area contributed by atoms with Gasteiger partial charge in [0.1, 0.15) is 4.88 Å². The van der Waals surface area contributed by atoms with Gasteiger partial charge in [-0.1, -0.05) is 31.9 Å². The van der Waals surface area contributed by atoms with E-state index in [1.807, 2.05) is 18.2 Å². The standard InChI is InChI=1S/C11H7Br2NO2S/c12-6-1-5(2-7(13)3-6)9-4-8(14)10(17-9)11(15)16/h1-4H,14H2,(H,15,16). The number of carboxylic acid groups (broad SMARTS) is 1. The van der Waals surface area contributed by atoms with Gasteiger partial charge in [-0.25, -0.2) is 4.79 Å². The topological polar surface area (TPSA) is 63.3 Å². The largest absolute Gasteiger partial charge is 0.477 e. The molecule has 6 heteroatoms. The van der Waals surface area contributed by atoms with Crippen molar-refractivity contribution in [3.05, 3.63) is 38.1 Å². The fraction of sp³-hybridized carbons (Fsp3) is 0. The van der Waals surface area contributed by atoms with Crippen LogP contribution in [0.2, 0.25) is 0 Å². The first kappa shape index (κ1) is 12.6. The molecule has 0 atom stereocenters. The maximum Gasteiger partial charge on any atom is 0.348 e. The van der Waals surface area contributed by atoms with Crippen molar-refractivity contribution >= 4 is 54.9 Å². The number of aromatic carboxylic acids is 1. The highest BCUT2D eigenvalue weighted by Gasteiger charge is 2.14.